The topological polar surface area (TPSA) is 84.9 Å². The fourth-order valence-corrected chi connectivity index (χ4v) is 1.46. The van der Waals surface area contributed by atoms with Gasteiger partial charge in [0.15, 0.2) is 0 Å². The normalized spacial score (nSPS) is 10.4. The smallest absolute Gasteiger partial charge is 0.258 e. The van der Waals surface area contributed by atoms with E-state index in [0.29, 0.717) is 17.4 Å². The average molecular weight is 240 g/mol. The first-order valence-corrected chi connectivity index (χ1v) is 5.22. The van der Waals surface area contributed by atoms with Crippen LogP contribution in [0.2, 0.25) is 0 Å². The summed E-state index contributed by atoms with van der Waals surface area (Å²) in [5.74, 6) is 0.939. The molecule has 6 heteroatoms. The van der Waals surface area contributed by atoms with Gasteiger partial charge in [-0.15, -0.1) is 0 Å². The zero-order valence-corrected chi connectivity index (χ0v) is 9.19. The van der Waals surface area contributed by atoms with Gasteiger partial charge in [-0.25, -0.2) is 4.98 Å². The highest BCUT2D eigenvalue weighted by atomic mass is 16.5. The van der Waals surface area contributed by atoms with Crippen LogP contribution in [-0.4, -0.2) is 25.2 Å². The summed E-state index contributed by atoms with van der Waals surface area (Å²) in [7, 11) is 0. The summed E-state index contributed by atoms with van der Waals surface area (Å²) in [4.78, 5) is 12.2. The first-order valence-electron chi connectivity index (χ1n) is 5.22. The number of phenols is 1. The number of phenolic OH excluding ortho intramolecular Hbond substituents is 1. The molecule has 2 heterocycles. The molecule has 6 nitrogen and oxygen atoms in total. The van der Waals surface area contributed by atoms with E-state index < -0.39 is 0 Å². The van der Waals surface area contributed by atoms with Gasteiger partial charge in [-0.1, -0.05) is 5.16 Å². The maximum atomic E-state index is 9.20. The van der Waals surface area contributed by atoms with Crippen LogP contribution in [0, 0.1) is 0 Å². The average Bonchev–Trinajstić information content (AvgIpc) is 2.90. The molecule has 1 N–H and O–H groups in total. The zero-order valence-electron chi connectivity index (χ0n) is 9.19. The highest BCUT2D eigenvalue weighted by molar-refractivity contribution is 5.57. The number of rotatable bonds is 2. The molecule has 1 aromatic carbocycles. The van der Waals surface area contributed by atoms with Gasteiger partial charge < -0.3 is 9.63 Å². The molecule has 0 spiro atoms. The monoisotopic (exact) mass is 240 g/mol. The molecule has 0 aliphatic carbocycles. The van der Waals surface area contributed by atoms with Crippen LogP contribution < -0.4 is 0 Å². The third kappa shape index (κ3) is 1.91. The fraction of sp³-hybridized carbons (Fsp3) is 0. The minimum Gasteiger partial charge on any atom is -0.508 e. The molecule has 0 aliphatic heterocycles. The second-order valence-electron chi connectivity index (χ2n) is 3.56. The van der Waals surface area contributed by atoms with Crippen LogP contribution in [0.1, 0.15) is 0 Å². The third-order valence-corrected chi connectivity index (χ3v) is 2.33. The molecule has 0 atom stereocenters. The van der Waals surface area contributed by atoms with Gasteiger partial charge in [-0.05, 0) is 24.3 Å². The van der Waals surface area contributed by atoms with Crippen molar-refractivity contribution in [1.29, 1.82) is 0 Å². The molecular weight excluding hydrogens is 232 g/mol. The first-order chi connectivity index (χ1) is 8.83. The lowest BCUT2D eigenvalue weighted by molar-refractivity contribution is 0.432. The molecule has 0 radical (unpaired) electrons. The molecule has 3 rings (SSSR count). The van der Waals surface area contributed by atoms with E-state index in [-0.39, 0.29) is 5.75 Å². The van der Waals surface area contributed by atoms with E-state index in [2.05, 4.69) is 20.1 Å². The van der Waals surface area contributed by atoms with E-state index in [4.69, 9.17) is 4.52 Å². The van der Waals surface area contributed by atoms with Crippen LogP contribution in [0.25, 0.3) is 23.0 Å². The van der Waals surface area contributed by atoms with Crippen molar-refractivity contribution in [3.05, 3.63) is 42.9 Å². The van der Waals surface area contributed by atoms with Crippen LogP contribution in [0.3, 0.4) is 0 Å². The van der Waals surface area contributed by atoms with Crippen LogP contribution in [0.5, 0.6) is 5.75 Å². The summed E-state index contributed by atoms with van der Waals surface area (Å²) >= 11 is 0. The Bertz CT molecular complexity index is 649. The largest absolute Gasteiger partial charge is 0.508 e. The van der Waals surface area contributed by atoms with Gasteiger partial charge in [0, 0.05) is 18.0 Å². The summed E-state index contributed by atoms with van der Waals surface area (Å²) in [5.41, 5.74) is 1.28. The lowest BCUT2D eigenvalue weighted by Crippen LogP contribution is -1.86. The maximum absolute atomic E-state index is 9.20. The van der Waals surface area contributed by atoms with Crippen LogP contribution >= 0.6 is 0 Å². The van der Waals surface area contributed by atoms with E-state index in [1.807, 2.05) is 0 Å². The predicted molar refractivity (Wildman–Crippen MR) is 62.4 cm³/mol. The highest BCUT2D eigenvalue weighted by Crippen LogP contribution is 2.22. The Morgan fingerprint density at radius 1 is 1.06 bits per heavy atom. The molecule has 88 valence electrons. The summed E-state index contributed by atoms with van der Waals surface area (Å²) < 4.78 is 5.13. The summed E-state index contributed by atoms with van der Waals surface area (Å²) in [6.45, 7) is 0. The van der Waals surface area contributed by atoms with Crippen molar-refractivity contribution in [3.63, 3.8) is 0 Å². The van der Waals surface area contributed by atoms with Gasteiger partial charge in [0.05, 0.1) is 6.20 Å². The second-order valence-corrected chi connectivity index (χ2v) is 3.56. The van der Waals surface area contributed by atoms with Crippen molar-refractivity contribution in [2.24, 2.45) is 0 Å². The van der Waals surface area contributed by atoms with Crippen LogP contribution in [0.4, 0.5) is 0 Å². The Balaban J connectivity index is 1.97. The fourth-order valence-electron chi connectivity index (χ4n) is 1.46. The number of benzene rings is 1. The zero-order chi connectivity index (χ0) is 12.4. The molecular formula is C12H8N4O2. The van der Waals surface area contributed by atoms with Gasteiger partial charge >= 0.3 is 0 Å². The molecule has 0 fully saturated rings. The standard InChI is InChI=1S/C12H8N4O2/c17-9-3-1-8(2-4-9)12-15-11(16-18-12)10-7-13-5-6-14-10/h1-7,17H. The first kappa shape index (κ1) is 10.4. The van der Waals surface area contributed by atoms with Crippen molar-refractivity contribution in [2.75, 3.05) is 0 Å². The number of hydrogen-bond acceptors (Lipinski definition) is 6. The van der Waals surface area contributed by atoms with Gasteiger partial charge in [-0.3, -0.25) is 4.98 Å². The molecule has 0 bridgehead atoms. The summed E-state index contributed by atoms with van der Waals surface area (Å²) in [6.07, 6.45) is 4.70. The van der Waals surface area contributed by atoms with Crippen molar-refractivity contribution < 1.29 is 9.63 Å². The van der Waals surface area contributed by atoms with E-state index >= 15 is 0 Å². The minimum atomic E-state index is 0.187. The van der Waals surface area contributed by atoms with Gasteiger partial charge in [0.2, 0.25) is 5.82 Å². The SMILES string of the molecule is Oc1ccc(-c2nc(-c3cnccn3)no2)cc1. The minimum absolute atomic E-state index is 0.187. The molecule has 3 aromatic rings. The molecule has 0 saturated heterocycles. The molecule has 0 aliphatic rings. The molecule has 18 heavy (non-hydrogen) atoms. The Morgan fingerprint density at radius 3 is 2.61 bits per heavy atom. The second kappa shape index (κ2) is 4.25. The van der Waals surface area contributed by atoms with Crippen molar-refractivity contribution in [3.8, 4) is 28.7 Å². The molecule has 0 saturated carbocycles. The Morgan fingerprint density at radius 2 is 1.89 bits per heavy atom. The van der Waals surface area contributed by atoms with Crippen molar-refractivity contribution in [1.82, 2.24) is 20.1 Å². The lowest BCUT2D eigenvalue weighted by Gasteiger charge is -1.93. The molecule has 0 amide bonds. The number of nitrogens with zero attached hydrogens (tertiary/aromatic N) is 4. The highest BCUT2D eigenvalue weighted by Gasteiger charge is 2.11. The van der Waals surface area contributed by atoms with E-state index in [1.54, 1.807) is 42.9 Å². The molecule has 0 unspecified atom stereocenters. The van der Waals surface area contributed by atoms with Gasteiger partial charge in [0.25, 0.3) is 5.89 Å². The predicted octanol–water partition coefficient (Wildman–Crippen LogP) is 1.90. The Kier molecular flexibility index (Phi) is 2.45. The number of hydrogen-bond donors (Lipinski definition) is 1. The Hall–Kier alpha value is -2.76. The summed E-state index contributed by atoms with van der Waals surface area (Å²) in [5, 5.41) is 13.0. The van der Waals surface area contributed by atoms with E-state index in [0.717, 1.165) is 5.56 Å². The molecule has 2 aromatic heterocycles. The van der Waals surface area contributed by atoms with E-state index in [1.165, 1.54) is 0 Å². The lowest BCUT2D eigenvalue weighted by atomic mass is 10.2. The number of aromatic nitrogens is 4. The quantitative estimate of drug-likeness (QED) is 0.736. The number of aromatic hydroxyl groups is 1. The van der Waals surface area contributed by atoms with Crippen LogP contribution in [0.15, 0.2) is 47.4 Å². The van der Waals surface area contributed by atoms with Gasteiger partial charge in [-0.2, -0.15) is 4.98 Å². The summed E-state index contributed by atoms with van der Waals surface area (Å²) in [6, 6.07) is 6.51. The van der Waals surface area contributed by atoms with Crippen molar-refractivity contribution in [2.45, 2.75) is 0 Å². The van der Waals surface area contributed by atoms with Crippen molar-refractivity contribution >= 4 is 0 Å². The Labute approximate surface area is 102 Å². The van der Waals surface area contributed by atoms with Crippen LogP contribution in [-0.2, 0) is 0 Å². The third-order valence-electron chi connectivity index (χ3n) is 2.33. The maximum Gasteiger partial charge on any atom is 0.258 e. The van der Waals surface area contributed by atoms with E-state index in [9.17, 15) is 5.11 Å². The van der Waals surface area contributed by atoms with Gasteiger partial charge in [0.1, 0.15) is 11.4 Å².